The second-order valence-electron chi connectivity index (χ2n) is 13.3. The Morgan fingerprint density at radius 2 is 0.569 bits per heavy atom. The zero-order valence-electron chi connectivity index (χ0n) is 34.8. The molecule has 0 aliphatic carbocycles. The minimum atomic E-state index is -1.55. The van der Waals surface area contributed by atoms with Gasteiger partial charge in [-0.05, 0) is 101 Å². The van der Waals surface area contributed by atoms with Crippen molar-refractivity contribution in [1.29, 1.82) is 0 Å². The normalized spacial score (nSPS) is 9.72. The molecule has 0 amide bonds. The van der Waals surface area contributed by atoms with Crippen molar-refractivity contribution in [1.82, 2.24) is 29.9 Å². The minimum Gasteiger partial charge on any atom is -0.545 e. The van der Waals surface area contributed by atoms with Crippen molar-refractivity contribution in [3.63, 3.8) is 0 Å². The van der Waals surface area contributed by atoms with E-state index < -0.39 is 35.8 Å². The van der Waals surface area contributed by atoms with Crippen LogP contribution in [0.5, 0.6) is 0 Å². The van der Waals surface area contributed by atoms with Crippen LogP contribution >= 0.6 is 15.8 Å². The molecular weight excluding hydrogens is 1150 g/mol. The Balaban J connectivity index is 0.00000104. The van der Waals surface area contributed by atoms with Crippen LogP contribution in [0, 0.1) is 0 Å². The summed E-state index contributed by atoms with van der Waals surface area (Å²) >= 11 is 0. The predicted octanol–water partition coefficient (Wildman–Crippen LogP) is -0.700. The van der Waals surface area contributed by atoms with Gasteiger partial charge in [0.25, 0.3) is 0 Å². The maximum Gasteiger partial charge on any atom is 2.00 e. The summed E-state index contributed by atoms with van der Waals surface area (Å²) in [6, 6.07) is 11.6. The Morgan fingerprint density at radius 3 is 0.800 bits per heavy atom. The van der Waals surface area contributed by atoms with Gasteiger partial charge in [-0.1, -0.05) is 0 Å². The average molecular weight is 1180 g/mol. The molecule has 338 valence electrons. The number of pyridine rings is 6. The molecule has 0 atom stereocenters. The third kappa shape index (κ3) is 17.7. The molecule has 6 heterocycles. The molecule has 0 aliphatic heterocycles. The van der Waals surface area contributed by atoms with Gasteiger partial charge in [0.2, 0.25) is 0 Å². The van der Waals surface area contributed by atoms with Crippen LogP contribution < -0.4 is 30.6 Å². The summed E-state index contributed by atoms with van der Waals surface area (Å²) < 4.78 is 0. The standard InChI is InChI=1S/2C18H11N3O6.2C3H9P.3Ru/c2*22-16(23)9-1-4-19-12(7-9)14-11(18(26)27)3-6-21-15(14)13-8-10(17(24)25)2-5-20-13;2*1-4(2)3;;;/h2*1-8H,(H,22,23)(H,24,25)(H,26,27);2*1-3H3;;;/q;;;;3*+2/p-6. The van der Waals surface area contributed by atoms with Gasteiger partial charge >= 0.3 is 58.4 Å². The third-order valence-electron chi connectivity index (χ3n) is 7.32. The third-order valence-corrected chi connectivity index (χ3v) is 7.32. The molecule has 0 aliphatic rings. The first-order valence-electron chi connectivity index (χ1n) is 17.6. The Labute approximate surface area is 413 Å². The summed E-state index contributed by atoms with van der Waals surface area (Å²) in [5.74, 6) is -8.95. The van der Waals surface area contributed by atoms with Crippen molar-refractivity contribution < 1.29 is 118 Å². The first kappa shape index (κ1) is 59.5. The quantitative estimate of drug-likeness (QED) is 0.121. The summed E-state index contributed by atoms with van der Waals surface area (Å²) in [6.45, 7) is 13.4. The van der Waals surface area contributed by atoms with E-state index in [2.05, 4.69) is 69.9 Å². The van der Waals surface area contributed by atoms with Crippen LogP contribution in [0.2, 0.25) is 0 Å². The van der Waals surface area contributed by atoms with Crippen molar-refractivity contribution in [2.45, 2.75) is 0 Å². The Morgan fingerprint density at radius 1 is 0.354 bits per heavy atom. The van der Waals surface area contributed by atoms with Crippen LogP contribution in [0.1, 0.15) is 62.1 Å². The Bertz CT molecular complexity index is 2460. The fourth-order valence-electron chi connectivity index (χ4n) is 4.93. The van der Waals surface area contributed by atoms with Crippen molar-refractivity contribution >= 4 is 51.7 Å². The van der Waals surface area contributed by atoms with Crippen molar-refractivity contribution in [3.8, 4) is 45.3 Å². The summed E-state index contributed by atoms with van der Waals surface area (Å²) in [4.78, 5) is 91.7. The Kier molecular flexibility index (Phi) is 26.0. The summed E-state index contributed by atoms with van der Waals surface area (Å²) in [5, 5.41) is 67.5. The molecule has 0 saturated heterocycles. The second-order valence-corrected chi connectivity index (χ2v) is 18.7. The van der Waals surface area contributed by atoms with Gasteiger partial charge in [-0.2, -0.15) is 0 Å². The van der Waals surface area contributed by atoms with E-state index in [0.29, 0.717) is 15.8 Å². The first-order chi connectivity index (χ1) is 29.2. The Hall–Kier alpha value is -5.55. The monoisotopic (exact) mass is 1180 g/mol. The van der Waals surface area contributed by atoms with Crippen LogP contribution in [0.3, 0.4) is 0 Å². The molecule has 65 heavy (non-hydrogen) atoms. The zero-order valence-corrected chi connectivity index (χ0v) is 41.8. The fourth-order valence-corrected chi connectivity index (χ4v) is 4.93. The van der Waals surface area contributed by atoms with Crippen LogP contribution in [0.4, 0.5) is 0 Å². The van der Waals surface area contributed by atoms with Gasteiger partial charge < -0.3 is 59.4 Å². The van der Waals surface area contributed by atoms with Crippen molar-refractivity contribution in [2.75, 3.05) is 40.0 Å². The number of carboxylic acids is 6. The van der Waals surface area contributed by atoms with E-state index in [1.54, 1.807) is 0 Å². The molecule has 0 bridgehead atoms. The number of aromatic nitrogens is 6. The number of nitrogens with zero attached hydrogens (tertiary/aromatic N) is 6. The molecule has 0 N–H and O–H groups in total. The van der Waals surface area contributed by atoms with E-state index >= 15 is 0 Å². The number of hydrogen-bond donors (Lipinski definition) is 0. The van der Waals surface area contributed by atoms with Gasteiger partial charge in [-0.25, -0.2) is 0 Å². The maximum atomic E-state index is 11.6. The largest absolute Gasteiger partial charge is 2.00 e. The molecule has 23 heteroatoms. The maximum absolute atomic E-state index is 11.6. The van der Waals surface area contributed by atoms with Gasteiger partial charge in [0.05, 0.1) is 70.0 Å². The van der Waals surface area contributed by atoms with Gasteiger partial charge in [0, 0.05) is 81.7 Å². The zero-order chi connectivity index (χ0) is 46.3. The minimum absolute atomic E-state index is 0. The van der Waals surface area contributed by atoms with Crippen LogP contribution in [-0.4, -0.2) is 106 Å². The predicted molar refractivity (Wildman–Crippen MR) is 217 cm³/mol. The fraction of sp³-hybridized carbons (Fsp3) is 0.143. The van der Waals surface area contributed by atoms with E-state index in [9.17, 15) is 59.4 Å². The molecular formula is C42H34N6O12P2Ru3. The molecule has 0 fully saturated rings. The smallest absolute Gasteiger partial charge is 0.545 e. The summed E-state index contributed by atoms with van der Waals surface area (Å²) in [5.41, 5.74) is -1.60. The molecule has 0 unspecified atom stereocenters. The van der Waals surface area contributed by atoms with E-state index in [-0.39, 0.29) is 137 Å². The van der Waals surface area contributed by atoms with Gasteiger partial charge in [-0.15, -0.1) is 15.8 Å². The van der Waals surface area contributed by atoms with Gasteiger partial charge in [-0.3, -0.25) is 29.9 Å². The van der Waals surface area contributed by atoms with Crippen LogP contribution in [-0.2, 0) is 58.4 Å². The van der Waals surface area contributed by atoms with E-state index in [1.165, 1.54) is 61.4 Å². The van der Waals surface area contributed by atoms with E-state index in [1.807, 2.05) is 0 Å². The molecule has 18 nitrogen and oxygen atoms in total. The molecule has 0 radical (unpaired) electrons. The van der Waals surface area contributed by atoms with E-state index in [0.717, 1.165) is 36.4 Å². The number of hydrogen-bond acceptors (Lipinski definition) is 18. The topological polar surface area (TPSA) is 318 Å². The van der Waals surface area contributed by atoms with Gasteiger partial charge in [0.15, 0.2) is 0 Å². The first-order valence-corrected chi connectivity index (χ1v) is 22.9. The average Bonchev–Trinajstić information content (AvgIpc) is 3.23. The molecule has 0 saturated carbocycles. The number of rotatable bonds is 10. The number of aromatic carboxylic acids is 6. The second kappa shape index (κ2) is 28.4. The molecule has 6 rings (SSSR count). The number of carbonyl (C=O) groups excluding carboxylic acids is 6. The van der Waals surface area contributed by atoms with Crippen LogP contribution in [0.15, 0.2) is 97.8 Å². The molecule has 0 spiro atoms. The van der Waals surface area contributed by atoms with E-state index in [4.69, 9.17) is 0 Å². The summed E-state index contributed by atoms with van der Waals surface area (Å²) in [7, 11) is 0.759. The molecule has 6 aromatic heterocycles. The molecule has 6 aromatic rings. The summed E-state index contributed by atoms with van der Waals surface area (Å²) in [6.07, 6.45) is 7.09. The van der Waals surface area contributed by atoms with Crippen molar-refractivity contribution in [3.05, 3.63) is 131 Å². The SMILES string of the molecule is CP(C)C.CP(C)C.O=C([O-])c1ccnc(-c2nccc(C(=O)[O-])c2-c2cc(C(=O)[O-])ccn2)c1.O=C([O-])c1ccnc(-c2nccc(C(=O)[O-])c2-c2cc(C(=O)[O-])ccn2)c1.[Ru+2].[Ru+2].[Ru+2]. The van der Waals surface area contributed by atoms with Crippen LogP contribution in [0.25, 0.3) is 45.3 Å². The molecule has 0 aromatic carbocycles. The number of carboxylic acid groups (broad SMARTS) is 6. The number of carbonyl (C=O) groups is 6. The van der Waals surface area contributed by atoms with Gasteiger partial charge in [0.1, 0.15) is 0 Å². The van der Waals surface area contributed by atoms with Crippen molar-refractivity contribution in [2.24, 2.45) is 0 Å².